The molecule has 1 aliphatic heterocycles. The number of hydrogen-bond acceptors (Lipinski definition) is 1. The molecule has 0 amide bonds. The zero-order valence-corrected chi connectivity index (χ0v) is 6.48. The number of nitrogens with one attached hydrogen (secondary N) is 1. The Kier molecular flexibility index (Phi) is 2.52. The molecule has 0 spiro atoms. The highest BCUT2D eigenvalue weighted by molar-refractivity contribution is 4.82. The van der Waals surface area contributed by atoms with E-state index in [0.717, 1.165) is 12.0 Å². The summed E-state index contributed by atoms with van der Waals surface area (Å²) in [6.45, 7) is 5.86. The Hall–Kier alpha value is -0.0400. The van der Waals surface area contributed by atoms with Gasteiger partial charge in [-0.25, -0.2) is 0 Å². The minimum Gasteiger partial charge on any atom is -0.311 e. The van der Waals surface area contributed by atoms with Crippen LogP contribution >= 0.6 is 0 Å². The molecule has 0 aromatic carbocycles. The van der Waals surface area contributed by atoms with Gasteiger partial charge in [0, 0.05) is 12.6 Å². The highest BCUT2D eigenvalue weighted by Crippen LogP contribution is 2.11. The standard InChI is InChI=1S/C8H17N/c1-7(2)4-3-5-8-6-9-8/h7-9H,3-6H2,1-2H3. The number of hydrogen-bond donors (Lipinski definition) is 1. The van der Waals surface area contributed by atoms with Gasteiger partial charge in [0.2, 0.25) is 0 Å². The average molecular weight is 127 g/mol. The Bertz CT molecular complexity index is 72.6. The second-order valence-corrected chi connectivity index (χ2v) is 3.43. The Balaban J connectivity index is 1.81. The van der Waals surface area contributed by atoms with Crippen molar-refractivity contribution in [3.05, 3.63) is 0 Å². The molecule has 1 N–H and O–H groups in total. The van der Waals surface area contributed by atoms with Gasteiger partial charge in [0.25, 0.3) is 0 Å². The lowest BCUT2D eigenvalue weighted by Gasteiger charge is -2.01. The van der Waals surface area contributed by atoms with Gasteiger partial charge in [-0.3, -0.25) is 0 Å². The van der Waals surface area contributed by atoms with Crippen molar-refractivity contribution in [1.29, 1.82) is 0 Å². The topological polar surface area (TPSA) is 21.9 Å². The zero-order chi connectivity index (χ0) is 6.69. The molecule has 0 aromatic heterocycles. The van der Waals surface area contributed by atoms with Crippen molar-refractivity contribution in [2.24, 2.45) is 5.92 Å². The van der Waals surface area contributed by atoms with Crippen molar-refractivity contribution >= 4 is 0 Å². The van der Waals surface area contributed by atoms with Crippen LogP contribution in [0.1, 0.15) is 33.1 Å². The second kappa shape index (κ2) is 3.21. The lowest BCUT2D eigenvalue weighted by molar-refractivity contribution is 0.536. The summed E-state index contributed by atoms with van der Waals surface area (Å²) in [6.07, 6.45) is 4.21. The molecule has 1 atom stereocenters. The molecule has 1 heterocycles. The first-order valence-electron chi connectivity index (χ1n) is 4.02. The van der Waals surface area contributed by atoms with E-state index in [4.69, 9.17) is 0 Å². The molecule has 1 saturated heterocycles. The van der Waals surface area contributed by atoms with Crippen LogP contribution in [-0.4, -0.2) is 12.6 Å². The van der Waals surface area contributed by atoms with Crippen molar-refractivity contribution in [2.75, 3.05) is 6.54 Å². The normalized spacial score (nSPS) is 25.0. The lowest BCUT2D eigenvalue weighted by Crippen LogP contribution is -1.92. The van der Waals surface area contributed by atoms with Gasteiger partial charge in [-0.05, 0) is 12.3 Å². The van der Waals surface area contributed by atoms with E-state index in [-0.39, 0.29) is 0 Å². The SMILES string of the molecule is CC(C)CCCC1CN1. The van der Waals surface area contributed by atoms with Gasteiger partial charge in [0.15, 0.2) is 0 Å². The Morgan fingerprint density at radius 2 is 2.22 bits per heavy atom. The first-order chi connectivity index (χ1) is 4.29. The molecule has 9 heavy (non-hydrogen) atoms. The molecule has 0 radical (unpaired) electrons. The van der Waals surface area contributed by atoms with Gasteiger partial charge in [-0.15, -0.1) is 0 Å². The van der Waals surface area contributed by atoms with Crippen LogP contribution in [-0.2, 0) is 0 Å². The van der Waals surface area contributed by atoms with Crippen molar-refractivity contribution < 1.29 is 0 Å². The van der Waals surface area contributed by atoms with Gasteiger partial charge in [0.05, 0.1) is 0 Å². The van der Waals surface area contributed by atoms with E-state index in [2.05, 4.69) is 19.2 Å². The van der Waals surface area contributed by atoms with Crippen LogP contribution < -0.4 is 5.32 Å². The Labute approximate surface area is 57.8 Å². The molecular formula is C8H17N. The summed E-state index contributed by atoms with van der Waals surface area (Å²) in [6, 6.07) is 0.892. The van der Waals surface area contributed by atoms with E-state index in [9.17, 15) is 0 Å². The monoisotopic (exact) mass is 127 g/mol. The van der Waals surface area contributed by atoms with Crippen LogP contribution in [0.15, 0.2) is 0 Å². The van der Waals surface area contributed by atoms with Crippen molar-refractivity contribution in [1.82, 2.24) is 5.32 Å². The summed E-state index contributed by atoms with van der Waals surface area (Å²) in [7, 11) is 0. The van der Waals surface area contributed by atoms with Gasteiger partial charge in [-0.1, -0.05) is 26.7 Å². The summed E-state index contributed by atoms with van der Waals surface area (Å²) in [5.41, 5.74) is 0. The molecule has 0 saturated carbocycles. The Morgan fingerprint density at radius 3 is 2.67 bits per heavy atom. The second-order valence-electron chi connectivity index (χ2n) is 3.43. The highest BCUT2D eigenvalue weighted by atomic mass is 15.1. The van der Waals surface area contributed by atoms with E-state index in [1.165, 1.54) is 25.8 Å². The number of rotatable bonds is 4. The van der Waals surface area contributed by atoms with E-state index in [1.54, 1.807) is 0 Å². The van der Waals surface area contributed by atoms with Gasteiger partial charge in [0.1, 0.15) is 0 Å². The molecule has 1 aliphatic rings. The van der Waals surface area contributed by atoms with E-state index >= 15 is 0 Å². The molecule has 1 nitrogen and oxygen atoms in total. The minimum atomic E-state index is 0.892. The smallest absolute Gasteiger partial charge is 0.0193 e. The summed E-state index contributed by atoms with van der Waals surface area (Å²) in [5.74, 6) is 0.892. The summed E-state index contributed by atoms with van der Waals surface area (Å²) < 4.78 is 0. The van der Waals surface area contributed by atoms with E-state index in [0.29, 0.717) is 0 Å². The molecular weight excluding hydrogens is 110 g/mol. The minimum absolute atomic E-state index is 0.892. The average Bonchev–Trinajstić information content (AvgIpc) is 2.48. The third kappa shape index (κ3) is 3.52. The molecule has 0 aliphatic carbocycles. The van der Waals surface area contributed by atoms with Crippen LogP contribution in [0.2, 0.25) is 0 Å². The predicted octanol–water partition coefficient (Wildman–Crippen LogP) is 1.78. The third-order valence-electron chi connectivity index (χ3n) is 1.83. The third-order valence-corrected chi connectivity index (χ3v) is 1.83. The maximum absolute atomic E-state index is 3.31. The van der Waals surface area contributed by atoms with Crippen LogP contribution in [0.3, 0.4) is 0 Å². The first-order valence-corrected chi connectivity index (χ1v) is 4.02. The van der Waals surface area contributed by atoms with Gasteiger partial charge in [-0.2, -0.15) is 0 Å². The van der Waals surface area contributed by atoms with E-state index < -0.39 is 0 Å². The van der Waals surface area contributed by atoms with Gasteiger partial charge >= 0.3 is 0 Å². The van der Waals surface area contributed by atoms with Crippen molar-refractivity contribution in [3.8, 4) is 0 Å². The fourth-order valence-corrected chi connectivity index (χ4v) is 1.06. The lowest BCUT2D eigenvalue weighted by atomic mass is 10.1. The van der Waals surface area contributed by atoms with Crippen LogP contribution in [0, 0.1) is 5.92 Å². The maximum atomic E-state index is 3.31. The fourth-order valence-electron chi connectivity index (χ4n) is 1.06. The fraction of sp³-hybridized carbons (Fsp3) is 1.00. The van der Waals surface area contributed by atoms with Crippen molar-refractivity contribution in [2.45, 2.75) is 39.2 Å². The zero-order valence-electron chi connectivity index (χ0n) is 6.48. The molecule has 1 unspecified atom stereocenters. The van der Waals surface area contributed by atoms with E-state index in [1.807, 2.05) is 0 Å². The Morgan fingerprint density at radius 1 is 1.56 bits per heavy atom. The molecule has 54 valence electrons. The van der Waals surface area contributed by atoms with Crippen LogP contribution in [0.25, 0.3) is 0 Å². The molecule has 1 rings (SSSR count). The van der Waals surface area contributed by atoms with Crippen molar-refractivity contribution in [3.63, 3.8) is 0 Å². The quantitative estimate of drug-likeness (QED) is 0.571. The van der Waals surface area contributed by atoms with Gasteiger partial charge < -0.3 is 5.32 Å². The van der Waals surface area contributed by atoms with Crippen LogP contribution in [0.5, 0.6) is 0 Å². The van der Waals surface area contributed by atoms with Crippen LogP contribution in [0.4, 0.5) is 0 Å². The largest absolute Gasteiger partial charge is 0.311 e. The maximum Gasteiger partial charge on any atom is 0.0193 e. The molecule has 0 bridgehead atoms. The molecule has 1 heteroatoms. The molecule has 1 fully saturated rings. The predicted molar refractivity (Wildman–Crippen MR) is 40.5 cm³/mol. The highest BCUT2D eigenvalue weighted by Gasteiger charge is 2.18. The first kappa shape index (κ1) is 7.07. The summed E-state index contributed by atoms with van der Waals surface area (Å²) in [5, 5.41) is 3.31. The summed E-state index contributed by atoms with van der Waals surface area (Å²) >= 11 is 0. The molecule has 0 aromatic rings. The summed E-state index contributed by atoms with van der Waals surface area (Å²) in [4.78, 5) is 0.